The molecule has 1 aromatic heterocycles. The minimum Gasteiger partial charge on any atom is -0.295 e. The molecule has 0 atom stereocenters. The normalized spacial score (nSPS) is 11.9. The van der Waals surface area contributed by atoms with Crippen LogP contribution in [-0.4, -0.2) is 30.0 Å². The van der Waals surface area contributed by atoms with Crippen molar-refractivity contribution in [2.24, 2.45) is 0 Å². The Hall–Kier alpha value is -1.69. The van der Waals surface area contributed by atoms with Crippen LogP contribution in [0.2, 0.25) is 0 Å². The minimum atomic E-state index is -3.10. The molecule has 6 heteroatoms. The van der Waals surface area contributed by atoms with E-state index in [0.29, 0.717) is 16.7 Å². The Kier molecular flexibility index (Phi) is 3.21. The number of aromatic nitrogens is 2. The number of benzene rings is 1. The molecule has 0 spiro atoms. The summed E-state index contributed by atoms with van der Waals surface area (Å²) in [5, 5.41) is 0.511. The Balaban J connectivity index is 2.54. The standard InChI is InChI=1S/C12H14N2O3S/c1-9-13-11-6-4-3-5-10(11)12(15)14(9)7-8-18(2,16)17/h3-6H,7-8H2,1-2H3. The van der Waals surface area contributed by atoms with Gasteiger partial charge in [-0.05, 0) is 19.1 Å². The molecule has 0 radical (unpaired) electrons. The van der Waals surface area contributed by atoms with E-state index in [9.17, 15) is 13.2 Å². The van der Waals surface area contributed by atoms with Crippen LogP contribution >= 0.6 is 0 Å². The zero-order valence-electron chi connectivity index (χ0n) is 10.3. The molecule has 0 aliphatic carbocycles. The molecule has 0 fully saturated rings. The first-order chi connectivity index (χ1) is 8.38. The second-order valence-corrected chi connectivity index (χ2v) is 6.52. The van der Waals surface area contributed by atoms with Crippen LogP contribution in [0, 0.1) is 6.92 Å². The van der Waals surface area contributed by atoms with Gasteiger partial charge < -0.3 is 0 Å². The summed E-state index contributed by atoms with van der Waals surface area (Å²) < 4.78 is 23.7. The SMILES string of the molecule is Cc1nc2ccccc2c(=O)n1CCS(C)(=O)=O. The van der Waals surface area contributed by atoms with Crippen molar-refractivity contribution in [1.29, 1.82) is 0 Å². The largest absolute Gasteiger partial charge is 0.295 e. The van der Waals surface area contributed by atoms with Crippen molar-refractivity contribution in [2.75, 3.05) is 12.0 Å². The fourth-order valence-corrected chi connectivity index (χ4v) is 2.31. The van der Waals surface area contributed by atoms with Crippen molar-refractivity contribution < 1.29 is 8.42 Å². The number of aryl methyl sites for hydroxylation is 1. The van der Waals surface area contributed by atoms with Crippen molar-refractivity contribution in [3.63, 3.8) is 0 Å². The van der Waals surface area contributed by atoms with Gasteiger partial charge in [-0.15, -0.1) is 0 Å². The lowest BCUT2D eigenvalue weighted by atomic mass is 10.2. The zero-order chi connectivity index (χ0) is 13.3. The lowest BCUT2D eigenvalue weighted by Crippen LogP contribution is -2.27. The molecule has 2 aromatic rings. The van der Waals surface area contributed by atoms with Crippen molar-refractivity contribution in [1.82, 2.24) is 9.55 Å². The van der Waals surface area contributed by atoms with Gasteiger partial charge in [-0.25, -0.2) is 13.4 Å². The van der Waals surface area contributed by atoms with Crippen molar-refractivity contribution in [2.45, 2.75) is 13.5 Å². The quantitative estimate of drug-likeness (QED) is 0.822. The summed E-state index contributed by atoms with van der Waals surface area (Å²) in [6, 6.07) is 7.04. The molecule has 18 heavy (non-hydrogen) atoms. The zero-order valence-corrected chi connectivity index (χ0v) is 11.1. The van der Waals surface area contributed by atoms with Gasteiger partial charge in [0.1, 0.15) is 15.7 Å². The van der Waals surface area contributed by atoms with Crippen molar-refractivity contribution in [3.05, 3.63) is 40.4 Å². The van der Waals surface area contributed by atoms with Crippen LogP contribution in [0.3, 0.4) is 0 Å². The topological polar surface area (TPSA) is 69.0 Å². The second kappa shape index (κ2) is 4.53. The summed E-state index contributed by atoms with van der Waals surface area (Å²) >= 11 is 0. The maximum atomic E-state index is 12.2. The lowest BCUT2D eigenvalue weighted by molar-refractivity contribution is 0.590. The summed E-state index contributed by atoms with van der Waals surface area (Å²) in [6.07, 6.45) is 1.15. The van der Waals surface area contributed by atoms with E-state index >= 15 is 0 Å². The Bertz CT molecular complexity index is 747. The number of sulfone groups is 1. The van der Waals surface area contributed by atoms with E-state index in [-0.39, 0.29) is 17.9 Å². The maximum absolute atomic E-state index is 12.2. The molecular weight excluding hydrogens is 252 g/mol. The molecule has 0 aliphatic heterocycles. The van der Waals surface area contributed by atoms with E-state index in [0.717, 1.165) is 6.26 Å². The van der Waals surface area contributed by atoms with E-state index in [1.54, 1.807) is 25.1 Å². The molecule has 2 rings (SSSR count). The van der Waals surface area contributed by atoms with Gasteiger partial charge in [0.05, 0.1) is 16.7 Å². The van der Waals surface area contributed by atoms with Gasteiger partial charge in [0.2, 0.25) is 0 Å². The van der Waals surface area contributed by atoms with Gasteiger partial charge in [0.15, 0.2) is 0 Å². The summed E-state index contributed by atoms with van der Waals surface area (Å²) in [5.41, 5.74) is 0.442. The molecule has 96 valence electrons. The smallest absolute Gasteiger partial charge is 0.261 e. The van der Waals surface area contributed by atoms with E-state index < -0.39 is 9.84 Å². The van der Waals surface area contributed by atoms with Crippen LogP contribution in [0.1, 0.15) is 5.82 Å². The Morgan fingerprint density at radius 3 is 2.61 bits per heavy atom. The van der Waals surface area contributed by atoms with Crippen LogP contribution in [0.25, 0.3) is 10.9 Å². The fourth-order valence-electron chi connectivity index (χ4n) is 1.80. The number of hydrogen-bond acceptors (Lipinski definition) is 4. The molecule has 0 saturated carbocycles. The highest BCUT2D eigenvalue weighted by Gasteiger charge is 2.09. The van der Waals surface area contributed by atoms with Gasteiger partial charge in [-0.1, -0.05) is 12.1 Å². The maximum Gasteiger partial charge on any atom is 0.261 e. The van der Waals surface area contributed by atoms with E-state index in [2.05, 4.69) is 4.98 Å². The number of nitrogens with zero attached hydrogens (tertiary/aromatic N) is 2. The molecule has 0 unspecified atom stereocenters. The summed E-state index contributed by atoms with van der Waals surface area (Å²) in [4.78, 5) is 16.5. The molecular formula is C12H14N2O3S. The average molecular weight is 266 g/mol. The summed E-state index contributed by atoms with van der Waals surface area (Å²) in [7, 11) is -3.10. The molecule has 0 bridgehead atoms. The first kappa shape index (κ1) is 12.8. The highest BCUT2D eigenvalue weighted by atomic mass is 32.2. The number of hydrogen-bond donors (Lipinski definition) is 0. The van der Waals surface area contributed by atoms with Crippen LogP contribution in [-0.2, 0) is 16.4 Å². The summed E-state index contributed by atoms with van der Waals surface area (Å²) in [5.74, 6) is 0.468. The average Bonchev–Trinajstić information content (AvgIpc) is 2.27. The third kappa shape index (κ3) is 2.59. The van der Waals surface area contributed by atoms with Crippen molar-refractivity contribution >= 4 is 20.7 Å². The van der Waals surface area contributed by atoms with E-state index in [4.69, 9.17) is 0 Å². The molecule has 0 amide bonds. The first-order valence-corrected chi connectivity index (χ1v) is 7.58. The highest BCUT2D eigenvalue weighted by molar-refractivity contribution is 7.90. The predicted octanol–water partition coefficient (Wildman–Crippen LogP) is 0.750. The third-order valence-corrected chi connectivity index (χ3v) is 3.66. The van der Waals surface area contributed by atoms with Gasteiger partial charge >= 0.3 is 0 Å². The van der Waals surface area contributed by atoms with Gasteiger partial charge in [0.25, 0.3) is 5.56 Å². The first-order valence-electron chi connectivity index (χ1n) is 5.52. The van der Waals surface area contributed by atoms with Crippen LogP contribution < -0.4 is 5.56 Å². The number of para-hydroxylation sites is 1. The summed E-state index contributed by atoms with van der Waals surface area (Å²) in [6.45, 7) is 1.84. The van der Waals surface area contributed by atoms with Gasteiger partial charge in [-0.2, -0.15) is 0 Å². The van der Waals surface area contributed by atoms with Crippen LogP contribution in [0.15, 0.2) is 29.1 Å². The highest BCUT2D eigenvalue weighted by Crippen LogP contribution is 2.07. The van der Waals surface area contributed by atoms with Crippen LogP contribution in [0.4, 0.5) is 0 Å². The molecule has 0 aliphatic rings. The Morgan fingerprint density at radius 1 is 1.28 bits per heavy atom. The molecule has 0 N–H and O–H groups in total. The minimum absolute atomic E-state index is 0.0617. The van der Waals surface area contributed by atoms with E-state index in [1.807, 2.05) is 6.07 Å². The predicted molar refractivity (Wildman–Crippen MR) is 70.5 cm³/mol. The number of rotatable bonds is 3. The van der Waals surface area contributed by atoms with Gasteiger partial charge in [-0.3, -0.25) is 9.36 Å². The molecule has 1 heterocycles. The molecule has 0 saturated heterocycles. The molecule has 1 aromatic carbocycles. The Morgan fingerprint density at radius 2 is 1.94 bits per heavy atom. The van der Waals surface area contributed by atoms with Crippen molar-refractivity contribution in [3.8, 4) is 0 Å². The second-order valence-electron chi connectivity index (χ2n) is 4.26. The lowest BCUT2D eigenvalue weighted by Gasteiger charge is -2.09. The number of fused-ring (bicyclic) bond motifs is 1. The fraction of sp³-hybridized carbons (Fsp3) is 0.333. The Labute approximate surface area is 105 Å². The molecule has 5 nitrogen and oxygen atoms in total. The van der Waals surface area contributed by atoms with Crippen LogP contribution in [0.5, 0.6) is 0 Å². The third-order valence-electron chi connectivity index (χ3n) is 2.74. The van der Waals surface area contributed by atoms with Gasteiger partial charge in [0, 0.05) is 12.8 Å². The monoisotopic (exact) mass is 266 g/mol. The van der Waals surface area contributed by atoms with E-state index in [1.165, 1.54) is 4.57 Å².